The van der Waals surface area contributed by atoms with Gasteiger partial charge in [0.15, 0.2) is 0 Å². The summed E-state index contributed by atoms with van der Waals surface area (Å²) in [7, 11) is 2.18. The summed E-state index contributed by atoms with van der Waals surface area (Å²) < 4.78 is 0. The zero-order chi connectivity index (χ0) is 11.1. The standard InChI is InChI=1S/C13H22N2O/c1-14-4-6-15(7-5-14)9-12-10-2-3-11(8-10)13(12)16/h10-12H,2-9H2,1H3/t10-,11-,12-/m0/s1. The first-order valence-electron chi connectivity index (χ1n) is 6.68. The summed E-state index contributed by atoms with van der Waals surface area (Å²) in [5.74, 6) is 2.16. The lowest BCUT2D eigenvalue weighted by Gasteiger charge is -2.35. The van der Waals surface area contributed by atoms with Crippen LogP contribution >= 0.6 is 0 Å². The van der Waals surface area contributed by atoms with Crippen molar-refractivity contribution in [2.75, 3.05) is 39.8 Å². The topological polar surface area (TPSA) is 23.6 Å². The van der Waals surface area contributed by atoms with Gasteiger partial charge in [0.2, 0.25) is 0 Å². The average molecular weight is 222 g/mol. The van der Waals surface area contributed by atoms with Crippen molar-refractivity contribution >= 4 is 5.78 Å². The lowest BCUT2D eigenvalue weighted by molar-refractivity contribution is -0.126. The number of carbonyl (C=O) groups is 1. The number of likely N-dealkylation sites (N-methyl/N-ethyl adjacent to an activating group) is 1. The van der Waals surface area contributed by atoms with E-state index in [0.717, 1.165) is 38.6 Å². The van der Waals surface area contributed by atoms with E-state index >= 15 is 0 Å². The Balaban J connectivity index is 1.57. The van der Waals surface area contributed by atoms with Gasteiger partial charge in [-0.2, -0.15) is 0 Å². The zero-order valence-electron chi connectivity index (χ0n) is 10.2. The van der Waals surface area contributed by atoms with Gasteiger partial charge in [-0.05, 0) is 32.2 Å². The van der Waals surface area contributed by atoms with E-state index in [0.29, 0.717) is 17.6 Å². The third kappa shape index (κ3) is 1.80. The number of nitrogens with zero attached hydrogens (tertiary/aromatic N) is 2. The van der Waals surface area contributed by atoms with Gasteiger partial charge in [0.1, 0.15) is 5.78 Å². The fourth-order valence-corrected chi connectivity index (χ4v) is 3.72. The van der Waals surface area contributed by atoms with Gasteiger partial charge >= 0.3 is 0 Å². The van der Waals surface area contributed by atoms with Gasteiger partial charge in [-0.3, -0.25) is 4.79 Å². The molecule has 2 aliphatic carbocycles. The summed E-state index contributed by atoms with van der Waals surface area (Å²) in [6.45, 7) is 5.67. The van der Waals surface area contributed by atoms with Crippen LogP contribution in [0.1, 0.15) is 19.3 Å². The van der Waals surface area contributed by atoms with Crippen LogP contribution in [0.2, 0.25) is 0 Å². The molecule has 16 heavy (non-hydrogen) atoms. The highest BCUT2D eigenvalue weighted by Gasteiger charge is 2.46. The minimum atomic E-state index is 0.391. The van der Waals surface area contributed by atoms with Crippen molar-refractivity contribution in [2.45, 2.75) is 19.3 Å². The van der Waals surface area contributed by atoms with Crippen LogP contribution in [0.4, 0.5) is 0 Å². The molecule has 0 aromatic rings. The normalized spacial score (nSPS) is 40.8. The van der Waals surface area contributed by atoms with Crippen molar-refractivity contribution in [3.8, 4) is 0 Å². The molecule has 0 N–H and O–H groups in total. The van der Waals surface area contributed by atoms with E-state index in [4.69, 9.17) is 0 Å². The second kappa shape index (κ2) is 4.11. The van der Waals surface area contributed by atoms with E-state index in [1.54, 1.807) is 0 Å². The Bertz CT molecular complexity index is 284. The van der Waals surface area contributed by atoms with Crippen molar-refractivity contribution in [3.63, 3.8) is 0 Å². The first-order chi connectivity index (χ1) is 7.74. The largest absolute Gasteiger partial charge is 0.304 e. The number of carbonyl (C=O) groups excluding carboxylic acids is 1. The Kier molecular flexibility index (Phi) is 2.76. The van der Waals surface area contributed by atoms with Crippen LogP contribution in [0.15, 0.2) is 0 Å². The van der Waals surface area contributed by atoms with Crippen LogP contribution in [-0.2, 0) is 4.79 Å². The smallest absolute Gasteiger partial charge is 0.140 e. The van der Waals surface area contributed by atoms with Crippen LogP contribution < -0.4 is 0 Å². The first-order valence-corrected chi connectivity index (χ1v) is 6.68. The second-order valence-corrected chi connectivity index (χ2v) is 5.88. The molecule has 90 valence electrons. The van der Waals surface area contributed by atoms with Gasteiger partial charge in [-0.1, -0.05) is 0 Å². The predicted octanol–water partition coefficient (Wildman–Crippen LogP) is 0.849. The van der Waals surface area contributed by atoms with Crippen molar-refractivity contribution in [1.82, 2.24) is 9.80 Å². The molecule has 0 amide bonds. The SMILES string of the molecule is CN1CCN(C[C@@H]2C(=O)[C@H]3CC[C@H]2C3)CC1. The molecule has 3 rings (SSSR count). The second-order valence-electron chi connectivity index (χ2n) is 5.88. The van der Waals surface area contributed by atoms with Gasteiger partial charge in [-0.25, -0.2) is 0 Å². The maximum Gasteiger partial charge on any atom is 0.140 e. The molecule has 2 saturated carbocycles. The summed E-state index contributed by atoms with van der Waals surface area (Å²) in [6.07, 6.45) is 3.70. The molecule has 1 heterocycles. The number of Topliss-reactive ketones (excluding diaryl/α,β-unsaturated/α-hetero) is 1. The average Bonchev–Trinajstić information content (AvgIpc) is 2.85. The fraction of sp³-hybridized carbons (Fsp3) is 0.923. The predicted molar refractivity (Wildman–Crippen MR) is 63.3 cm³/mol. The van der Waals surface area contributed by atoms with Crippen LogP contribution in [0, 0.1) is 17.8 Å². The van der Waals surface area contributed by atoms with Crippen molar-refractivity contribution in [2.24, 2.45) is 17.8 Å². The van der Waals surface area contributed by atoms with Gasteiger partial charge in [0.05, 0.1) is 0 Å². The molecule has 3 nitrogen and oxygen atoms in total. The minimum absolute atomic E-state index is 0.391. The van der Waals surface area contributed by atoms with Crippen molar-refractivity contribution in [3.05, 3.63) is 0 Å². The molecule has 1 aliphatic heterocycles. The van der Waals surface area contributed by atoms with Crippen molar-refractivity contribution in [1.29, 1.82) is 0 Å². The van der Waals surface area contributed by atoms with E-state index in [9.17, 15) is 4.79 Å². The summed E-state index contributed by atoms with van der Waals surface area (Å²) >= 11 is 0. The lowest BCUT2D eigenvalue weighted by atomic mass is 9.87. The number of fused-ring (bicyclic) bond motifs is 2. The zero-order valence-corrected chi connectivity index (χ0v) is 10.2. The Morgan fingerprint density at radius 3 is 2.56 bits per heavy atom. The van der Waals surface area contributed by atoms with Crippen LogP contribution in [0.5, 0.6) is 0 Å². The molecule has 0 aromatic heterocycles. The van der Waals surface area contributed by atoms with Crippen LogP contribution in [0.25, 0.3) is 0 Å². The van der Waals surface area contributed by atoms with Gasteiger partial charge in [0, 0.05) is 44.6 Å². The molecule has 1 saturated heterocycles. The molecule has 3 atom stereocenters. The monoisotopic (exact) mass is 222 g/mol. The molecule has 3 heteroatoms. The highest BCUT2D eigenvalue weighted by atomic mass is 16.1. The summed E-state index contributed by atoms with van der Waals surface area (Å²) in [5.41, 5.74) is 0. The van der Waals surface area contributed by atoms with Gasteiger partial charge < -0.3 is 9.80 Å². The maximum atomic E-state index is 12.1. The Morgan fingerprint density at radius 1 is 1.19 bits per heavy atom. The number of ketones is 1. The summed E-state index contributed by atoms with van der Waals surface area (Å²) in [5, 5.41) is 0. The lowest BCUT2D eigenvalue weighted by Crippen LogP contribution is -2.47. The van der Waals surface area contributed by atoms with Crippen LogP contribution in [-0.4, -0.2) is 55.4 Å². The molecular weight excluding hydrogens is 200 g/mol. The molecule has 0 aromatic carbocycles. The quantitative estimate of drug-likeness (QED) is 0.692. The highest BCUT2D eigenvalue weighted by Crippen LogP contribution is 2.46. The van der Waals surface area contributed by atoms with Gasteiger partial charge in [-0.15, -0.1) is 0 Å². The number of rotatable bonds is 2. The Hall–Kier alpha value is -0.410. The summed E-state index contributed by atoms with van der Waals surface area (Å²) in [6, 6.07) is 0. The Labute approximate surface area is 97.8 Å². The molecule has 0 radical (unpaired) electrons. The molecule has 0 spiro atoms. The maximum absolute atomic E-state index is 12.1. The third-order valence-electron chi connectivity index (χ3n) is 4.86. The van der Waals surface area contributed by atoms with E-state index in [-0.39, 0.29) is 0 Å². The number of hydrogen-bond acceptors (Lipinski definition) is 3. The number of piperazine rings is 1. The molecular formula is C13H22N2O. The van der Waals surface area contributed by atoms with Crippen LogP contribution in [0.3, 0.4) is 0 Å². The number of hydrogen-bond donors (Lipinski definition) is 0. The Morgan fingerprint density at radius 2 is 1.94 bits per heavy atom. The van der Waals surface area contributed by atoms with E-state index in [1.165, 1.54) is 19.3 Å². The minimum Gasteiger partial charge on any atom is -0.304 e. The first kappa shape index (κ1) is 10.7. The molecule has 0 unspecified atom stereocenters. The summed E-state index contributed by atoms with van der Waals surface area (Å²) in [4.78, 5) is 16.9. The van der Waals surface area contributed by atoms with Gasteiger partial charge in [0.25, 0.3) is 0 Å². The van der Waals surface area contributed by atoms with E-state index < -0.39 is 0 Å². The molecule has 2 bridgehead atoms. The third-order valence-corrected chi connectivity index (χ3v) is 4.86. The van der Waals surface area contributed by atoms with E-state index in [2.05, 4.69) is 16.8 Å². The van der Waals surface area contributed by atoms with E-state index in [1.807, 2.05) is 0 Å². The highest BCUT2D eigenvalue weighted by molar-refractivity contribution is 5.87. The fourth-order valence-electron chi connectivity index (χ4n) is 3.72. The van der Waals surface area contributed by atoms with Crippen molar-refractivity contribution < 1.29 is 4.79 Å². The molecule has 3 fully saturated rings. The molecule has 3 aliphatic rings.